The Morgan fingerprint density at radius 1 is 1.20 bits per heavy atom. The third-order valence-corrected chi connectivity index (χ3v) is 6.07. The Balaban J connectivity index is 2.22. The molecule has 0 radical (unpaired) electrons. The van der Waals surface area contributed by atoms with Gasteiger partial charge in [-0.1, -0.05) is 38.6 Å². The average molecular weight is 480 g/mol. The Kier molecular flexibility index (Phi) is 8.35. The fourth-order valence-electron chi connectivity index (χ4n) is 4.30. The molecular weight excluding hydrogens is 446 g/mol. The monoisotopic (exact) mass is 479 g/mol. The van der Waals surface area contributed by atoms with Crippen LogP contribution in [0.25, 0.3) is 5.76 Å². The quantitative estimate of drug-likeness (QED) is 0.229. The molecule has 1 heterocycles. The molecule has 186 valence electrons. The van der Waals surface area contributed by atoms with Crippen molar-refractivity contribution in [2.24, 2.45) is 0 Å². The number of hydrogen-bond donors (Lipinski definition) is 1. The number of amides is 1. The van der Waals surface area contributed by atoms with Crippen LogP contribution in [0.5, 0.6) is 11.5 Å². The fourth-order valence-corrected chi connectivity index (χ4v) is 4.30. The zero-order valence-electron chi connectivity index (χ0n) is 21.0. The molecule has 1 aliphatic rings. The maximum atomic E-state index is 13.3. The zero-order chi connectivity index (χ0) is 25.7. The van der Waals surface area contributed by atoms with Crippen LogP contribution in [0.3, 0.4) is 0 Å². The van der Waals surface area contributed by atoms with Crippen LogP contribution in [0, 0.1) is 6.92 Å². The summed E-state index contributed by atoms with van der Waals surface area (Å²) < 4.78 is 16.4. The van der Waals surface area contributed by atoms with Crippen LogP contribution in [0.15, 0.2) is 54.6 Å². The van der Waals surface area contributed by atoms with Crippen LogP contribution in [0.4, 0.5) is 0 Å². The van der Waals surface area contributed by atoms with E-state index in [2.05, 4.69) is 6.58 Å². The maximum absolute atomic E-state index is 13.3. The number of nitrogens with zero attached hydrogens (tertiary/aromatic N) is 1. The zero-order valence-corrected chi connectivity index (χ0v) is 21.0. The van der Waals surface area contributed by atoms with E-state index in [1.807, 2.05) is 39.0 Å². The summed E-state index contributed by atoms with van der Waals surface area (Å²) in [6, 6.07) is 10.0. The summed E-state index contributed by atoms with van der Waals surface area (Å²) >= 11 is 0. The minimum atomic E-state index is -0.790. The molecule has 1 fully saturated rings. The standard InChI is InChI=1S/C28H33NO6/c1-7-12-35-20-10-8-9-19(15-20)25-24(27(31)28(32)29(25)11-13-33-5)26(30)22-16-21(17(2)3)23(34-6)14-18(22)4/h7-10,14-17,25,30H,1,11-13H2,2-6H3/b26-24+. The number of ketones is 1. The van der Waals surface area contributed by atoms with Crippen LogP contribution >= 0.6 is 0 Å². The molecule has 0 spiro atoms. The minimum Gasteiger partial charge on any atom is -0.507 e. The molecule has 2 aromatic carbocycles. The van der Waals surface area contributed by atoms with Crippen molar-refractivity contribution in [3.05, 3.63) is 76.9 Å². The van der Waals surface area contributed by atoms with Gasteiger partial charge < -0.3 is 24.2 Å². The number of carbonyl (C=O) groups excluding carboxylic acids is 2. The van der Waals surface area contributed by atoms with Gasteiger partial charge in [0.15, 0.2) is 0 Å². The number of carbonyl (C=O) groups is 2. The summed E-state index contributed by atoms with van der Waals surface area (Å²) in [4.78, 5) is 27.8. The minimum absolute atomic E-state index is 0.0370. The van der Waals surface area contributed by atoms with Crippen LogP contribution in [0.2, 0.25) is 0 Å². The third-order valence-electron chi connectivity index (χ3n) is 6.07. The molecule has 7 heteroatoms. The summed E-state index contributed by atoms with van der Waals surface area (Å²) in [6.45, 7) is 10.3. The second kappa shape index (κ2) is 11.2. The van der Waals surface area contributed by atoms with Crippen molar-refractivity contribution in [3.63, 3.8) is 0 Å². The van der Waals surface area contributed by atoms with Gasteiger partial charge in [-0.25, -0.2) is 0 Å². The Hall–Kier alpha value is -3.58. The molecule has 1 atom stereocenters. The second-order valence-corrected chi connectivity index (χ2v) is 8.72. The lowest BCUT2D eigenvalue weighted by Gasteiger charge is -2.25. The molecule has 1 amide bonds. The van der Waals surface area contributed by atoms with E-state index in [0.29, 0.717) is 29.2 Å². The van der Waals surface area contributed by atoms with Gasteiger partial charge >= 0.3 is 0 Å². The Morgan fingerprint density at radius 2 is 1.94 bits per heavy atom. The Bertz CT molecular complexity index is 1150. The van der Waals surface area contributed by atoms with Crippen molar-refractivity contribution in [1.29, 1.82) is 0 Å². The van der Waals surface area contributed by atoms with Crippen molar-refractivity contribution in [2.75, 3.05) is 34.0 Å². The molecule has 0 aliphatic carbocycles. The first-order valence-electron chi connectivity index (χ1n) is 11.5. The van der Waals surface area contributed by atoms with Crippen LogP contribution < -0.4 is 9.47 Å². The van der Waals surface area contributed by atoms with Crippen molar-refractivity contribution >= 4 is 17.4 Å². The molecular formula is C28H33NO6. The molecule has 1 saturated heterocycles. The summed E-state index contributed by atoms with van der Waals surface area (Å²) in [5.41, 5.74) is 2.80. The topological polar surface area (TPSA) is 85.3 Å². The predicted octanol–water partition coefficient (Wildman–Crippen LogP) is 4.76. The first-order chi connectivity index (χ1) is 16.7. The Labute approximate surface area is 206 Å². The molecule has 7 nitrogen and oxygen atoms in total. The van der Waals surface area contributed by atoms with E-state index in [4.69, 9.17) is 14.2 Å². The molecule has 0 aromatic heterocycles. The molecule has 2 aromatic rings. The molecule has 1 N–H and O–H groups in total. The lowest BCUT2D eigenvalue weighted by molar-refractivity contribution is -0.140. The van der Waals surface area contributed by atoms with E-state index < -0.39 is 17.7 Å². The summed E-state index contributed by atoms with van der Waals surface area (Å²) in [7, 11) is 3.13. The van der Waals surface area contributed by atoms with Crippen molar-refractivity contribution in [2.45, 2.75) is 32.7 Å². The largest absolute Gasteiger partial charge is 0.507 e. The van der Waals surface area contributed by atoms with E-state index in [1.165, 1.54) is 12.0 Å². The Morgan fingerprint density at radius 3 is 2.57 bits per heavy atom. The van der Waals surface area contributed by atoms with E-state index in [0.717, 1.165) is 11.1 Å². The highest BCUT2D eigenvalue weighted by atomic mass is 16.5. The highest BCUT2D eigenvalue weighted by molar-refractivity contribution is 6.46. The van der Waals surface area contributed by atoms with E-state index in [1.54, 1.807) is 31.4 Å². The first-order valence-corrected chi connectivity index (χ1v) is 11.5. The molecule has 0 bridgehead atoms. The fraction of sp³-hybridized carbons (Fsp3) is 0.357. The highest BCUT2D eigenvalue weighted by Gasteiger charge is 2.46. The van der Waals surface area contributed by atoms with Gasteiger partial charge in [-0.15, -0.1) is 0 Å². The van der Waals surface area contributed by atoms with Crippen LogP contribution in [-0.4, -0.2) is 55.7 Å². The number of hydrogen-bond acceptors (Lipinski definition) is 6. The summed E-state index contributed by atoms with van der Waals surface area (Å²) in [5.74, 6) is -0.229. The van der Waals surface area contributed by atoms with Crippen molar-refractivity contribution < 1.29 is 28.9 Å². The molecule has 1 aliphatic heterocycles. The average Bonchev–Trinajstić information content (AvgIpc) is 3.10. The molecule has 3 rings (SSSR count). The van der Waals surface area contributed by atoms with Gasteiger partial charge in [-0.2, -0.15) is 0 Å². The van der Waals surface area contributed by atoms with E-state index in [-0.39, 0.29) is 30.4 Å². The maximum Gasteiger partial charge on any atom is 0.295 e. The van der Waals surface area contributed by atoms with Gasteiger partial charge in [0, 0.05) is 19.2 Å². The van der Waals surface area contributed by atoms with Gasteiger partial charge in [0.25, 0.3) is 11.7 Å². The lowest BCUT2D eigenvalue weighted by atomic mass is 9.91. The molecule has 0 saturated carbocycles. The summed E-state index contributed by atoms with van der Waals surface area (Å²) in [6.07, 6.45) is 1.64. The van der Waals surface area contributed by atoms with Crippen LogP contribution in [-0.2, 0) is 14.3 Å². The van der Waals surface area contributed by atoms with E-state index >= 15 is 0 Å². The highest BCUT2D eigenvalue weighted by Crippen LogP contribution is 2.41. The number of rotatable bonds is 10. The second-order valence-electron chi connectivity index (χ2n) is 8.72. The number of methoxy groups -OCH3 is 2. The molecule has 35 heavy (non-hydrogen) atoms. The SMILES string of the molecule is C=CCOc1cccc(C2/C(=C(\O)c3cc(C(C)C)c(OC)cc3C)C(=O)C(=O)N2CCOC)c1. The normalized spacial score (nSPS) is 17.2. The smallest absolute Gasteiger partial charge is 0.295 e. The lowest BCUT2D eigenvalue weighted by Crippen LogP contribution is -2.32. The number of aryl methyl sites for hydroxylation is 1. The van der Waals surface area contributed by atoms with Crippen LogP contribution in [0.1, 0.15) is 48.1 Å². The first kappa shape index (κ1) is 26.0. The van der Waals surface area contributed by atoms with Gasteiger partial charge in [0.05, 0.1) is 25.3 Å². The number of benzene rings is 2. The summed E-state index contributed by atoms with van der Waals surface area (Å²) in [5, 5.41) is 11.5. The van der Waals surface area contributed by atoms with Crippen molar-refractivity contribution in [3.8, 4) is 11.5 Å². The third kappa shape index (κ3) is 5.25. The number of likely N-dealkylation sites (tertiary alicyclic amines) is 1. The van der Waals surface area contributed by atoms with Gasteiger partial charge in [0.1, 0.15) is 23.9 Å². The number of aliphatic hydroxyl groups excluding tert-OH is 1. The molecule has 1 unspecified atom stereocenters. The predicted molar refractivity (Wildman–Crippen MR) is 135 cm³/mol. The number of aliphatic hydroxyl groups is 1. The van der Waals surface area contributed by atoms with Gasteiger partial charge in [-0.05, 0) is 53.8 Å². The number of ether oxygens (including phenoxy) is 3. The number of Topliss-reactive ketones (excluding diaryl/α,β-unsaturated/α-hetero) is 1. The van der Waals surface area contributed by atoms with Crippen molar-refractivity contribution in [1.82, 2.24) is 4.90 Å². The van der Waals surface area contributed by atoms with Gasteiger partial charge in [-0.3, -0.25) is 9.59 Å². The van der Waals surface area contributed by atoms with E-state index in [9.17, 15) is 14.7 Å². The van der Waals surface area contributed by atoms with Gasteiger partial charge in [0.2, 0.25) is 0 Å².